The highest BCUT2D eigenvalue weighted by Gasteiger charge is 2.18. The molecule has 0 spiro atoms. The number of hydrogen-bond donors (Lipinski definition) is 1. The van der Waals surface area contributed by atoms with Crippen LogP contribution in [0.1, 0.15) is 17.3 Å². The Balaban J connectivity index is 2.42. The van der Waals surface area contributed by atoms with Gasteiger partial charge >= 0.3 is 5.97 Å². The number of rotatable bonds is 4. The van der Waals surface area contributed by atoms with E-state index < -0.39 is 0 Å². The third kappa shape index (κ3) is 2.20. The van der Waals surface area contributed by atoms with Gasteiger partial charge in [0, 0.05) is 7.05 Å². The van der Waals surface area contributed by atoms with Crippen molar-refractivity contribution in [2.24, 2.45) is 0 Å². The molecule has 18 heavy (non-hydrogen) atoms. The molecule has 94 valence electrons. The summed E-state index contributed by atoms with van der Waals surface area (Å²) in [4.78, 5) is 11.8. The van der Waals surface area contributed by atoms with Gasteiger partial charge in [-0.15, -0.1) is 0 Å². The van der Waals surface area contributed by atoms with Crippen molar-refractivity contribution in [2.75, 3.05) is 19.0 Å². The van der Waals surface area contributed by atoms with Crippen LogP contribution in [-0.2, 0) is 4.74 Å². The van der Waals surface area contributed by atoms with Crippen molar-refractivity contribution >= 4 is 11.8 Å². The smallest absolute Gasteiger partial charge is 0.343 e. The van der Waals surface area contributed by atoms with E-state index in [0.717, 1.165) is 5.69 Å². The number of benzene rings is 1. The predicted octanol–water partition coefficient (Wildman–Crippen LogP) is 2.09. The number of carbonyl (C=O) groups excluding carboxylic acids is 1. The third-order valence-electron chi connectivity index (χ3n) is 2.50. The summed E-state index contributed by atoms with van der Waals surface area (Å²) in [5, 5.41) is 7.20. The third-order valence-corrected chi connectivity index (χ3v) is 2.50. The first-order valence-corrected chi connectivity index (χ1v) is 5.76. The van der Waals surface area contributed by atoms with Gasteiger partial charge in [0.05, 0.1) is 18.5 Å². The minimum Gasteiger partial charge on any atom is -0.462 e. The van der Waals surface area contributed by atoms with Crippen LogP contribution in [0.25, 0.3) is 5.69 Å². The number of hydrogen-bond acceptors (Lipinski definition) is 4. The van der Waals surface area contributed by atoms with Gasteiger partial charge in [0.25, 0.3) is 0 Å². The van der Waals surface area contributed by atoms with Crippen molar-refractivity contribution in [2.45, 2.75) is 6.92 Å². The molecule has 5 nitrogen and oxygen atoms in total. The Hall–Kier alpha value is -2.30. The van der Waals surface area contributed by atoms with Crippen LogP contribution in [0.2, 0.25) is 0 Å². The normalized spacial score (nSPS) is 10.1. The summed E-state index contributed by atoms with van der Waals surface area (Å²) in [5.74, 6) is 0.253. The molecule has 0 aliphatic rings. The maximum Gasteiger partial charge on any atom is 0.343 e. The number of nitrogens with one attached hydrogen (secondary N) is 1. The molecule has 0 unspecified atom stereocenters. The first kappa shape index (κ1) is 12.2. The number of aromatic nitrogens is 2. The van der Waals surface area contributed by atoms with Gasteiger partial charge in [-0.1, -0.05) is 18.2 Å². The molecule has 1 aromatic heterocycles. The summed E-state index contributed by atoms with van der Waals surface area (Å²) in [6, 6.07) is 9.60. The van der Waals surface area contributed by atoms with Gasteiger partial charge in [-0.25, -0.2) is 9.48 Å². The van der Waals surface area contributed by atoms with Gasteiger partial charge in [-0.3, -0.25) is 0 Å². The van der Waals surface area contributed by atoms with Crippen molar-refractivity contribution in [3.63, 3.8) is 0 Å². The molecule has 1 heterocycles. The van der Waals surface area contributed by atoms with Crippen LogP contribution in [0.15, 0.2) is 36.5 Å². The van der Waals surface area contributed by atoms with Crippen LogP contribution in [0.3, 0.4) is 0 Å². The zero-order chi connectivity index (χ0) is 13.0. The van der Waals surface area contributed by atoms with E-state index in [9.17, 15) is 4.79 Å². The quantitative estimate of drug-likeness (QED) is 0.838. The lowest BCUT2D eigenvalue weighted by Crippen LogP contribution is -2.09. The van der Waals surface area contributed by atoms with Crippen LogP contribution in [0.5, 0.6) is 0 Å². The van der Waals surface area contributed by atoms with E-state index in [0.29, 0.717) is 18.0 Å². The molecule has 1 aromatic carbocycles. The van der Waals surface area contributed by atoms with Crippen molar-refractivity contribution < 1.29 is 9.53 Å². The van der Waals surface area contributed by atoms with Gasteiger partial charge in [0.15, 0.2) is 0 Å². The summed E-state index contributed by atoms with van der Waals surface area (Å²) < 4.78 is 6.66. The highest BCUT2D eigenvalue weighted by molar-refractivity contribution is 5.94. The van der Waals surface area contributed by atoms with Crippen LogP contribution in [-0.4, -0.2) is 29.4 Å². The molecule has 0 aliphatic heterocycles. The second-order valence-electron chi connectivity index (χ2n) is 3.62. The molecule has 2 aromatic rings. The fraction of sp³-hybridized carbons (Fsp3) is 0.231. The van der Waals surface area contributed by atoms with Crippen LogP contribution in [0.4, 0.5) is 5.82 Å². The molecule has 1 N–H and O–H groups in total. The molecule has 0 bridgehead atoms. The summed E-state index contributed by atoms with van der Waals surface area (Å²) in [7, 11) is 1.75. The molecule has 0 amide bonds. The minimum atomic E-state index is -0.371. The molecule has 0 fully saturated rings. The number of carbonyl (C=O) groups is 1. The van der Waals surface area contributed by atoms with Crippen LogP contribution >= 0.6 is 0 Å². The highest BCUT2D eigenvalue weighted by atomic mass is 16.5. The first-order valence-electron chi connectivity index (χ1n) is 5.76. The van der Waals surface area contributed by atoms with E-state index in [-0.39, 0.29) is 5.97 Å². The lowest BCUT2D eigenvalue weighted by atomic mass is 10.3. The van der Waals surface area contributed by atoms with E-state index >= 15 is 0 Å². The summed E-state index contributed by atoms with van der Waals surface area (Å²) >= 11 is 0. The summed E-state index contributed by atoms with van der Waals surface area (Å²) in [6.45, 7) is 2.12. The van der Waals surface area contributed by atoms with E-state index in [2.05, 4.69) is 10.4 Å². The highest BCUT2D eigenvalue weighted by Crippen LogP contribution is 2.20. The number of esters is 1. The van der Waals surface area contributed by atoms with Crippen molar-refractivity contribution in [1.29, 1.82) is 0 Å². The average Bonchev–Trinajstić information content (AvgIpc) is 2.83. The Morgan fingerprint density at radius 1 is 1.39 bits per heavy atom. The van der Waals surface area contributed by atoms with E-state index in [1.807, 2.05) is 30.3 Å². The second-order valence-corrected chi connectivity index (χ2v) is 3.62. The lowest BCUT2D eigenvalue weighted by Gasteiger charge is -2.08. The summed E-state index contributed by atoms with van der Waals surface area (Å²) in [5.41, 5.74) is 1.32. The Labute approximate surface area is 105 Å². The van der Waals surface area contributed by atoms with E-state index in [4.69, 9.17) is 4.74 Å². The van der Waals surface area contributed by atoms with Gasteiger partial charge in [0.2, 0.25) is 0 Å². The number of anilines is 1. The zero-order valence-corrected chi connectivity index (χ0v) is 10.4. The lowest BCUT2D eigenvalue weighted by molar-refractivity contribution is 0.0527. The number of nitrogens with zero attached hydrogens (tertiary/aromatic N) is 2. The average molecular weight is 245 g/mol. The SMILES string of the molecule is CCOC(=O)c1cnn(-c2ccccc2)c1NC. The molecule has 0 aliphatic carbocycles. The molecule has 2 rings (SSSR count). The molecule has 0 radical (unpaired) electrons. The zero-order valence-electron chi connectivity index (χ0n) is 10.4. The van der Waals surface area contributed by atoms with Crippen LogP contribution in [0, 0.1) is 0 Å². The maximum absolute atomic E-state index is 11.8. The fourth-order valence-corrected chi connectivity index (χ4v) is 1.71. The van der Waals surface area contributed by atoms with Gasteiger partial charge in [-0.2, -0.15) is 5.10 Å². The molecule has 0 atom stereocenters. The maximum atomic E-state index is 11.8. The topological polar surface area (TPSA) is 56.1 Å². The molecule has 5 heteroatoms. The predicted molar refractivity (Wildman–Crippen MR) is 69.1 cm³/mol. The van der Waals surface area contributed by atoms with E-state index in [1.54, 1.807) is 18.7 Å². The first-order chi connectivity index (χ1) is 8.77. The largest absolute Gasteiger partial charge is 0.462 e. The Kier molecular flexibility index (Phi) is 3.62. The second kappa shape index (κ2) is 5.35. The Morgan fingerprint density at radius 3 is 2.72 bits per heavy atom. The van der Waals surface area contributed by atoms with Crippen molar-refractivity contribution in [3.8, 4) is 5.69 Å². The standard InChI is InChI=1S/C13H15N3O2/c1-3-18-13(17)11-9-15-16(12(11)14-2)10-7-5-4-6-8-10/h4-9,14H,3H2,1-2H3. The van der Waals surface area contributed by atoms with Crippen molar-refractivity contribution in [1.82, 2.24) is 9.78 Å². The Morgan fingerprint density at radius 2 is 2.11 bits per heavy atom. The monoisotopic (exact) mass is 245 g/mol. The summed E-state index contributed by atoms with van der Waals surface area (Å²) in [6.07, 6.45) is 1.51. The minimum absolute atomic E-state index is 0.346. The van der Waals surface area contributed by atoms with Gasteiger partial charge in [0.1, 0.15) is 11.4 Å². The van der Waals surface area contributed by atoms with Gasteiger partial charge in [-0.05, 0) is 19.1 Å². The van der Waals surface area contributed by atoms with Gasteiger partial charge < -0.3 is 10.1 Å². The fourth-order valence-electron chi connectivity index (χ4n) is 1.71. The number of para-hydroxylation sites is 1. The number of ether oxygens (including phenoxy) is 1. The van der Waals surface area contributed by atoms with Crippen molar-refractivity contribution in [3.05, 3.63) is 42.1 Å². The van der Waals surface area contributed by atoms with Crippen LogP contribution < -0.4 is 5.32 Å². The van der Waals surface area contributed by atoms with E-state index in [1.165, 1.54) is 6.20 Å². The Bertz CT molecular complexity index is 534. The molecule has 0 saturated carbocycles. The molecule has 0 saturated heterocycles. The molecular formula is C13H15N3O2. The molecular weight excluding hydrogens is 230 g/mol.